The van der Waals surface area contributed by atoms with Crippen LogP contribution in [0.15, 0.2) is 53.3 Å². The summed E-state index contributed by atoms with van der Waals surface area (Å²) in [6, 6.07) is 15.0. The predicted octanol–water partition coefficient (Wildman–Crippen LogP) is 2.38. The van der Waals surface area contributed by atoms with E-state index in [1.165, 1.54) is 0 Å². The number of aromatic nitrogens is 2. The molecule has 0 spiro atoms. The number of H-pyrrole nitrogens is 1. The fourth-order valence-corrected chi connectivity index (χ4v) is 2.31. The minimum Gasteiger partial charge on any atom is -0.494 e. The van der Waals surface area contributed by atoms with Gasteiger partial charge in [-0.15, -0.1) is 0 Å². The lowest BCUT2D eigenvalue weighted by molar-refractivity contribution is 0.302. The van der Waals surface area contributed by atoms with Crippen LogP contribution in [0.3, 0.4) is 0 Å². The third-order valence-electron chi connectivity index (χ3n) is 3.36. The van der Waals surface area contributed by atoms with Crippen LogP contribution in [0.5, 0.6) is 5.75 Å². The molecule has 5 nitrogen and oxygen atoms in total. The van der Waals surface area contributed by atoms with Crippen molar-refractivity contribution in [2.45, 2.75) is 13.0 Å². The maximum absolute atomic E-state index is 11.9. The molecule has 1 aromatic heterocycles. The first kappa shape index (κ1) is 13.3. The van der Waals surface area contributed by atoms with E-state index in [4.69, 9.17) is 10.5 Å². The van der Waals surface area contributed by atoms with Gasteiger partial charge in [-0.1, -0.05) is 12.1 Å². The van der Waals surface area contributed by atoms with Gasteiger partial charge in [-0.05, 0) is 42.8 Å². The normalized spacial score (nSPS) is 10.9. The second-order valence-electron chi connectivity index (χ2n) is 4.87. The average molecular weight is 283 g/mol. The molecule has 0 fully saturated rings. The number of imidazole rings is 1. The molecule has 1 heterocycles. The van der Waals surface area contributed by atoms with Crippen molar-refractivity contribution in [3.8, 4) is 5.75 Å². The molecule has 108 valence electrons. The van der Waals surface area contributed by atoms with E-state index in [1.807, 2.05) is 36.4 Å². The quantitative estimate of drug-likeness (QED) is 0.558. The molecule has 0 amide bonds. The van der Waals surface area contributed by atoms with Crippen LogP contribution in [0.2, 0.25) is 0 Å². The molecule has 0 unspecified atom stereocenters. The highest BCUT2D eigenvalue weighted by Gasteiger charge is 2.05. The first-order valence-corrected chi connectivity index (χ1v) is 6.90. The number of aromatic amines is 1. The smallest absolute Gasteiger partial charge is 0.326 e. The first-order chi connectivity index (χ1) is 10.2. The van der Waals surface area contributed by atoms with E-state index in [2.05, 4.69) is 4.98 Å². The van der Waals surface area contributed by atoms with Crippen LogP contribution >= 0.6 is 0 Å². The molecule has 0 saturated carbocycles. The van der Waals surface area contributed by atoms with Gasteiger partial charge in [0.2, 0.25) is 0 Å². The molecule has 5 heteroatoms. The van der Waals surface area contributed by atoms with Gasteiger partial charge >= 0.3 is 5.69 Å². The number of rotatable bonds is 5. The number of benzene rings is 2. The van der Waals surface area contributed by atoms with E-state index < -0.39 is 0 Å². The SMILES string of the molecule is Nc1ccc(OCCCn2c(=O)[nH]c3ccccc32)cc1. The summed E-state index contributed by atoms with van der Waals surface area (Å²) in [5, 5.41) is 0. The molecule has 2 aromatic carbocycles. The number of nitrogens with two attached hydrogens (primary N) is 1. The minimum atomic E-state index is -0.0799. The Labute approximate surface area is 122 Å². The summed E-state index contributed by atoms with van der Waals surface area (Å²) in [5.41, 5.74) is 8.04. The van der Waals surface area contributed by atoms with Crippen LogP contribution in [0.25, 0.3) is 11.0 Å². The van der Waals surface area contributed by atoms with E-state index in [1.54, 1.807) is 16.7 Å². The van der Waals surface area contributed by atoms with Gasteiger partial charge in [0.1, 0.15) is 5.75 Å². The van der Waals surface area contributed by atoms with Crippen molar-refractivity contribution >= 4 is 16.7 Å². The number of fused-ring (bicyclic) bond motifs is 1. The monoisotopic (exact) mass is 283 g/mol. The Morgan fingerprint density at radius 3 is 2.67 bits per heavy atom. The summed E-state index contributed by atoms with van der Waals surface area (Å²) in [7, 11) is 0. The maximum Gasteiger partial charge on any atom is 0.326 e. The summed E-state index contributed by atoms with van der Waals surface area (Å²) < 4.78 is 7.37. The standard InChI is InChI=1S/C16H17N3O2/c17-12-6-8-13(9-7-12)21-11-3-10-19-15-5-2-1-4-14(15)18-16(19)20/h1-2,4-9H,3,10-11,17H2,(H,18,20). The van der Waals surface area contributed by atoms with Crippen LogP contribution in [0.1, 0.15) is 6.42 Å². The summed E-state index contributed by atoms with van der Waals surface area (Å²) in [4.78, 5) is 14.7. The molecular formula is C16H17N3O2. The molecule has 3 aromatic rings. The third kappa shape index (κ3) is 2.91. The number of nitrogens with one attached hydrogen (secondary N) is 1. The molecule has 0 bridgehead atoms. The van der Waals surface area contributed by atoms with Gasteiger partial charge in [-0.3, -0.25) is 4.57 Å². The zero-order valence-electron chi connectivity index (χ0n) is 11.6. The summed E-state index contributed by atoms with van der Waals surface area (Å²) in [6.07, 6.45) is 0.756. The largest absolute Gasteiger partial charge is 0.494 e. The van der Waals surface area contributed by atoms with Crippen molar-refractivity contribution in [3.63, 3.8) is 0 Å². The number of nitrogens with zero attached hydrogens (tertiary/aromatic N) is 1. The van der Waals surface area contributed by atoms with Gasteiger partial charge in [-0.2, -0.15) is 0 Å². The van der Waals surface area contributed by atoms with Crippen molar-refractivity contribution < 1.29 is 4.74 Å². The fraction of sp³-hybridized carbons (Fsp3) is 0.188. The number of hydrogen-bond acceptors (Lipinski definition) is 3. The molecule has 3 rings (SSSR count). The van der Waals surface area contributed by atoms with Crippen LogP contribution in [0, 0.1) is 0 Å². The highest BCUT2D eigenvalue weighted by atomic mass is 16.5. The van der Waals surface area contributed by atoms with E-state index in [9.17, 15) is 4.79 Å². The van der Waals surface area contributed by atoms with Crippen LogP contribution in [-0.4, -0.2) is 16.2 Å². The Morgan fingerprint density at radius 2 is 1.86 bits per heavy atom. The van der Waals surface area contributed by atoms with Gasteiger partial charge in [0.15, 0.2) is 0 Å². The molecular weight excluding hydrogens is 266 g/mol. The Balaban J connectivity index is 1.61. The number of hydrogen-bond donors (Lipinski definition) is 2. The third-order valence-corrected chi connectivity index (χ3v) is 3.36. The Bertz CT molecular complexity index is 787. The van der Waals surface area contributed by atoms with E-state index >= 15 is 0 Å². The van der Waals surface area contributed by atoms with E-state index in [0.29, 0.717) is 18.8 Å². The average Bonchev–Trinajstić information content (AvgIpc) is 2.81. The van der Waals surface area contributed by atoms with Crippen LogP contribution < -0.4 is 16.2 Å². The number of nitrogen functional groups attached to an aromatic ring is 1. The summed E-state index contributed by atoms with van der Waals surface area (Å²) >= 11 is 0. The molecule has 0 aliphatic heterocycles. The summed E-state index contributed by atoms with van der Waals surface area (Å²) in [5.74, 6) is 0.787. The summed E-state index contributed by atoms with van der Waals surface area (Å²) in [6.45, 7) is 1.17. The van der Waals surface area contributed by atoms with Crippen molar-refractivity contribution in [1.82, 2.24) is 9.55 Å². The maximum atomic E-state index is 11.9. The van der Waals surface area contributed by atoms with E-state index in [0.717, 1.165) is 23.2 Å². The zero-order valence-corrected chi connectivity index (χ0v) is 11.6. The second-order valence-corrected chi connectivity index (χ2v) is 4.87. The van der Waals surface area contributed by atoms with Crippen molar-refractivity contribution in [1.29, 1.82) is 0 Å². The fourth-order valence-electron chi connectivity index (χ4n) is 2.31. The molecule has 0 saturated heterocycles. The number of aryl methyl sites for hydroxylation is 1. The minimum absolute atomic E-state index is 0.0799. The van der Waals surface area contributed by atoms with Crippen molar-refractivity contribution in [2.24, 2.45) is 0 Å². The molecule has 0 aliphatic carbocycles. The Kier molecular flexibility index (Phi) is 3.64. The van der Waals surface area contributed by atoms with Gasteiger partial charge in [0, 0.05) is 12.2 Å². The molecule has 3 N–H and O–H groups in total. The highest BCUT2D eigenvalue weighted by molar-refractivity contribution is 5.74. The van der Waals surface area contributed by atoms with Crippen LogP contribution in [0.4, 0.5) is 5.69 Å². The first-order valence-electron chi connectivity index (χ1n) is 6.90. The number of anilines is 1. The van der Waals surface area contributed by atoms with Crippen molar-refractivity contribution in [3.05, 3.63) is 59.0 Å². The van der Waals surface area contributed by atoms with Gasteiger partial charge in [0.25, 0.3) is 0 Å². The predicted molar refractivity (Wildman–Crippen MR) is 83.5 cm³/mol. The lowest BCUT2D eigenvalue weighted by atomic mass is 10.3. The van der Waals surface area contributed by atoms with Crippen molar-refractivity contribution in [2.75, 3.05) is 12.3 Å². The van der Waals surface area contributed by atoms with Gasteiger partial charge in [-0.25, -0.2) is 4.79 Å². The number of ether oxygens (including phenoxy) is 1. The lowest BCUT2D eigenvalue weighted by Crippen LogP contribution is -2.18. The Morgan fingerprint density at radius 1 is 1.10 bits per heavy atom. The molecule has 0 aliphatic rings. The van der Waals surface area contributed by atoms with Gasteiger partial charge < -0.3 is 15.5 Å². The highest BCUT2D eigenvalue weighted by Crippen LogP contribution is 2.14. The second kappa shape index (κ2) is 5.75. The molecule has 21 heavy (non-hydrogen) atoms. The molecule has 0 atom stereocenters. The molecule has 0 radical (unpaired) electrons. The zero-order chi connectivity index (χ0) is 14.7. The number of para-hydroxylation sites is 2. The lowest BCUT2D eigenvalue weighted by Gasteiger charge is -2.07. The van der Waals surface area contributed by atoms with Gasteiger partial charge in [0.05, 0.1) is 17.6 Å². The van der Waals surface area contributed by atoms with Crippen LogP contribution in [-0.2, 0) is 6.54 Å². The van der Waals surface area contributed by atoms with E-state index in [-0.39, 0.29) is 5.69 Å². The topological polar surface area (TPSA) is 73.0 Å². The Hall–Kier alpha value is -2.69.